The lowest BCUT2D eigenvalue weighted by molar-refractivity contribution is -0.384. The number of methoxy groups -OCH3 is 2. The first kappa shape index (κ1) is 25.5. The van der Waals surface area contributed by atoms with Crippen LogP contribution in [0.1, 0.15) is 50.1 Å². The van der Waals surface area contributed by atoms with Crippen LogP contribution in [0.25, 0.3) is 0 Å². The molecule has 1 aliphatic rings. The standard InChI is InChI=1S/C25H29ClN2O6/c1-33-22-13-12-20(15-23(22)34-2)27(24(30)16-26)25(18-8-10-19(11-9-18)28(31)32)21(29)14-17-6-4-3-5-7-17/h8-13,15,17,25H,3-7,14,16H2,1-2H3. The maximum absolute atomic E-state index is 13.7. The molecule has 0 aliphatic heterocycles. The molecule has 2 aromatic carbocycles. The van der Waals surface area contributed by atoms with Crippen LogP contribution in [0.4, 0.5) is 11.4 Å². The van der Waals surface area contributed by atoms with Crippen molar-refractivity contribution in [2.75, 3.05) is 25.0 Å². The van der Waals surface area contributed by atoms with Crippen molar-refractivity contribution in [1.29, 1.82) is 0 Å². The van der Waals surface area contributed by atoms with Gasteiger partial charge in [-0.2, -0.15) is 0 Å². The summed E-state index contributed by atoms with van der Waals surface area (Å²) in [4.78, 5) is 38.8. The minimum absolute atomic E-state index is 0.0939. The number of alkyl halides is 1. The number of carbonyl (C=O) groups excluding carboxylic acids is 2. The first-order chi connectivity index (χ1) is 16.4. The van der Waals surface area contributed by atoms with Gasteiger partial charge in [0.1, 0.15) is 11.9 Å². The number of carbonyl (C=O) groups is 2. The number of hydrogen-bond donors (Lipinski definition) is 0. The largest absolute Gasteiger partial charge is 0.493 e. The van der Waals surface area contributed by atoms with E-state index in [-0.39, 0.29) is 23.3 Å². The molecule has 2 aromatic rings. The molecule has 0 spiro atoms. The summed E-state index contributed by atoms with van der Waals surface area (Å²) in [5.74, 6) is 0.192. The summed E-state index contributed by atoms with van der Waals surface area (Å²) in [6, 6.07) is 9.69. The van der Waals surface area contributed by atoms with E-state index in [2.05, 4.69) is 0 Å². The van der Waals surface area contributed by atoms with Crippen LogP contribution >= 0.6 is 11.6 Å². The molecule has 8 nitrogen and oxygen atoms in total. The fourth-order valence-corrected chi connectivity index (χ4v) is 4.65. The summed E-state index contributed by atoms with van der Waals surface area (Å²) in [7, 11) is 2.99. The fourth-order valence-electron chi connectivity index (χ4n) is 4.52. The van der Waals surface area contributed by atoms with Crippen LogP contribution in [0.2, 0.25) is 0 Å². The van der Waals surface area contributed by atoms with Crippen molar-refractivity contribution >= 4 is 34.7 Å². The number of hydrogen-bond acceptors (Lipinski definition) is 6. The molecular formula is C25H29ClN2O6. The van der Waals surface area contributed by atoms with Crippen LogP contribution in [0.5, 0.6) is 11.5 Å². The van der Waals surface area contributed by atoms with E-state index < -0.39 is 16.9 Å². The third kappa shape index (κ3) is 5.86. The Balaban J connectivity index is 2.08. The molecule has 1 fully saturated rings. The number of ketones is 1. The van der Waals surface area contributed by atoms with Gasteiger partial charge < -0.3 is 9.47 Å². The Morgan fingerprint density at radius 2 is 1.71 bits per heavy atom. The fraction of sp³-hybridized carbons (Fsp3) is 0.440. The average molecular weight is 489 g/mol. The molecule has 34 heavy (non-hydrogen) atoms. The molecule has 0 saturated heterocycles. The second kappa shape index (κ2) is 11.8. The van der Waals surface area contributed by atoms with Crippen molar-refractivity contribution in [2.45, 2.75) is 44.6 Å². The summed E-state index contributed by atoms with van der Waals surface area (Å²) in [6.07, 6.45) is 5.59. The number of amides is 1. The highest BCUT2D eigenvalue weighted by Gasteiger charge is 2.34. The highest BCUT2D eigenvalue weighted by molar-refractivity contribution is 6.30. The lowest BCUT2D eigenvalue weighted by Gasteiger charge is -2.33. The summed E-state index contributed by atoms with van der Waals surface area (Å²) >= 11 is 5.98. The number of nitro groups is 1. The number of benzene rings is 2. The number of non-ortho nitro benzene ring substituents is 1. The number of ether oxygens (including phenoxy) is 2. The third-order valence-electron chi connectivity index (χ3n) is 6.23. The van der Waals surface area contributed by atoms with Gasteiger partial charge in [-0.05, 0) is 35.7 Å². The van der Waals surface area contributed by atoms with Gasteiger partial charge in [0.25, 0.3) is 5.69 Å². The van der Waals surface area contributed by atoms with Crippen molar-refractivity contribution in [3.05, 3.63) is 58.1 Å². The zero-order chi connectivity index (χ0) is 24.7. The van der Waals surface area contributed by atoms with Crippen LogP contribution < -0.4 is 14.4 Å². The van der Waals surface area contributed by atoms with Crippen molar-refractivity contribution < 1.29 is 24.0 Å². The van der Waals surface area contributed by atoms with Gasteiger partial charge in [-0.3, -0.25) is 24.6 Å². The first-order valence-electron chi connectivity index (χ1n) is 11.3. The van der Waals surface area contributed by atoms with Gasteiger partial charge in [-0.25, -0.2) is 0 Å². The minimum atomic E-state index is -0.980. The van der Waals surface area contributed by atoms with Gasteiger partial charge in [0.15, 0.2) is 17.3 Å². The normalized spacial score (nSPS) is 14.8. The van der Waals surface area contributed by atoms with Crippen molar-refractivity contribution in [1.82, 2.24) is 0 Å². The number of nitro benzene ring substituents is 1. The van der Waals surface area contributed by atoms with E-state index in [1.54, 1.807) is 18.2 Å². The molecule has 3 rings (SSSR count). The Kier molecular flexibility index (Phi) is 8.87. The summed E-state index contributed by atoms with van der Waals surface area (Å²) < 4.78 is 10.7. The second-order valence-electron chi connectivity index (χ2n) is 8.36. The van der Waals surface area contributed by atoms with Crippen molar-refractivity contribution in [3.63, 3.8) is 0 Å². The Morgan fingerprint density at radius 1 is 1.06 bits per heavy atom. The van der Waals surface area contributed by atoms with E-state index in [0.29, 0.717) is 29.2 Å². The molecule has 1 atom stereocenters. The highest BCUT2D eigenvalue weighted by Crippen LogP contribution is 2.38. The average Bonchev–Trinajstić information content (AvgIpc) is 2.86. The van der Waals surface area contributed by atoms with Gasteiger partial charge in [0, 0.05) is 30.3 Å². The molecule has 1 aliphatic carbocycles. The molecular weight excluding hydrogens is 460 g/mol. The number of rotatable bonds is 10. The highest BCUT2D eigenvalue weighted by atomic mass is 35.5. The molecule has 0 radical (unpaired) electrons. The molecule has 0 heterocycles. The van der Waals surface area contributed by atoms with E-state index in [1.165, 1.54) is 49.8 Å². The van der Waals surface area contributed by atoms with E-state index >= 15 is 0 Å². The van der Waals surface area contributed by atoms with E-state index in [1.807, 2.05) is 0 Å². The summed E-state index contributed by atoms with van der Waals surface area (Å²) in [5.41, 5.74) is 0.812. The predicted octanol–water partition coefficient (Wildman–Crippen LogP) is 5.46. The van der Waals surface area contributed by atoms with Gasteiger partial charge in [-0.15, -0.1) is 11.6 Å². The molecule has 0 aromatic heterocycles. The van der Waals surface area contributed by atoms with Crippen LogP contribution in [0, 0.1) is 16.0 Å². The maximum atomic E-state index is 13.7. The van der Waals surface area contributed by atoms with Crippen LogP contribution in [0.15, 0.2) is 42.5 Å². The summed E-state index contributed by atoms with van der Waals surface area (Å²) in [6.45, 7) is 0. The van der Waals surface area contributed by atoms with E-state index in [4.69, 9.17) is 21.1 Å². The monoisotopic (exact) mass is 488 g/mol. The SMILES string of the molecule is COc1ccc(N(C(=O)CCl)C(C(=O)CC2CCCCC2)c2ccc([N+](=O)[O-])cc2)cc1OC. The smallest absolute Gasteiger partial charge is 0.269 e. The Hall–Kier alpha value is -3.13. The zero-order valence-corrected chi connectivity index (χ0v) is 20.1. The third-order valence-corrected chi connectivity index (χ3v) is 6.45. The molecule has 1 unspecified atom stereocenters. The van der Waals surface area contributed by atoms with E-state index in [0.717, 1.165) is 25.7 Å². The minimum Gasteiger partial charge on any atom is -0.493 e. The maximum Gasteiger partial charge on any atom is 0.269 e. The molecule has 0 bridgehead atoms. The Labute approximate surface area is 203 Å². The van der Waals surface area contributed by atoms with Gasteiger partial charge in [-0.1, -0.05) is 32.1 Å². The van der Waals surface area contributed by atoms with Gasteiger partial charge in [0.05, 0.1) is 19.1 Å². The van der Waals surface area contributed by atoms with Crippen LogP contribution in [-0.2, 0) is 9.59 Å². The Morgan fingerprint density at radius 3 is 2.26 bits per heavy atom. The zero-order valence-electron chi connectivity index (χ0n) is 19.4. The molecule has 0 N–H and O–H groups in total. The first-order valence-corrected chi connectivity index (χ1v) is 11.8. The van der Waals surface area contributed by atoms with Crippen LogP contribution in [0.3, 0.4) is 0 Å². The van der Waals surface area contributed by atoms with Crippen molar-refractivity contribution in [3.8, 4) is 11.5 Å². The lowest BCUT2D eigenvalue weighted by atomic mass is 9.83. The number of nitrogens with zero attached hydrogens (tertiary/aromatic N) is 2. The molecule has 9 heteroatoms. The second-order valence-corrected chi connectivity index (χ2v) is 8.63. The summed E-state index contributed by atoms with van der Waals surface area (Å²) in [5, 5.41) is 11.2. The van der Waals surface area contributed by atoms with Gasteiger partial charge in [0.2, 0.25) is 5.91 Å². The molecule has 1 saturated carbocycles. The molecule has 1 amide bonds. The quantitative estimate of drug-likeness (QED) is 0.250. The van der Waals surface area contributed by atoms with E-state index in [9.17, 15) is 19.7 Å². The lowest BCUT2D eigenvalue weighted by Crippen LogP contribution is -2.40. The topological polar surface area (TPSA) is 99.0 Å². The predicted molar refractivity (Wildman–Crippen MR) is 130 cm³/mol. The number of Topliss-reactive ketones (excluding diaryl/α,β-unsaturated/α-hetero) is 1. The Bertz CT molecular complexity index is 1020. The van der Waals surface area contributed by atoms with Gasteiger partial charge >= 0.3 is 0 Å². The number of anilines is 1. The van der Waals surface area contributed by atoms with Crippen molar-refractivity contribution in [2.24, 2.45) is 5.92 Å². The van der Waals surface area contributed by atoms with Crippen LogP contribution in [-0.4, -0.2) is 36.7 Å². The number of halogens is 1. The molecule has 182 valence electrons.